The van der Waals surface area contributed by atoms with Crippen molar-refractivity contribution in [2.75, 3.05) is 23.3 Å². The SMILES string of the molecule is Cc1cc([C@@H](C)Nc2ccccc2C(=O)O)c2nc(N3CCC(F)(F)C(C)C3)c(C)c(=O)n2c1. The molecule has 1 aliphatic rings. The molecule has 2 atom stereocenters. The molecule has 180 valence electrons. The number of rotatable bonds is 5. The number of alkyl halides is 2. The Morgan fingerprint density at radius 2 is 2.00 bits per heavy atom. The van der Waals surface area contributed by atoms with Crippen LogP contribution < -0.4 is 15.8 Å². The second kappa shape index (κ2) is 8.70. The average molecular weight is 471 g/mol. The lowest BCUT2D eigenvalue weighted by Gasteiger charge is -2.37. The van der Waals surface area contributed by atoms with Gasteiger partial charge in [0, 0.05) is 42.9 Å². The molecular weight excluding hydrogens is 442 g/mol. The second-order valence-corrected chi connectivity index (χ2v) is 9.11. The van der Waals surface area contributed by atoms with Crippen LogP contribution in [0.1, 0.15) is 53.4 Å². The highest BCUT2D eigenvalue weighted by Crippen LogP contribution is 2.35. The molecule has 0 amide bonds. The van der Waals surface area contributed by atoms with Crippen molar-refractivity contribution >= 4 is 23.1 Å². The summed E-state index contributed by atoms with van der Waals surface area (Å²) in [6.07, 6.45) is 1.41. The van der Waals surface area contributed by atoms with Crippen LogP contribution in [0.2, 0.25) is 0 Å². The third kappa shape index (κ3) is 4.22. The average Bonchev–Trinajstić information content (AvgIpc) is 2.78. The fourth-order valence-corrected chi connectivity index (χ4v) is 4.50. The Bertz CT molecular complexity index is 1320. The number of nitrogens with zero attached hydrogens (tertiary/aromatic N) is 3. The van der Waals surface area contributed by atoms with E-state index < -0.39 is 17.8 Å². The van der Waals surface area contributed by atoms with Crippen molar-refractivity contribution in [3.05, 3.63) is 69.1 Å². The molecule has 7 nitrogen and oxygen atoms in total. The number of carboxylic acid groups (broad SMARTS) is 1. The zero-order valence-corrected chi connectivity index (χ0v) is 19.6. The van der Waals surface area contributed by atoms with Gasteiger partial charge in [-0.25, -0.2) is 18.6 Å². The van der Waals surface area contributed by atoms with E-state index in [2.05, 4.69) is 5.32 Å². The molecule has 1 saturated heterocycles. The van der Waals surface area contributed by atoms with Crippen molar-refractivity contribution in [2.45, 2.75) is 46.1 Å². The lowest BCUT2D eigenvalue weighted by Crippen LogP contribution is -2.47. The minimum Gasteiger partial charge on any atom is -0.478 e. The number of anilines is 2. The summed E-state index contributed by atoms with van der Waals surface area (Å²) in [6.45, 7) is 7.13. The molecule has 0 bridgehead atoms. The van der Waals surface area contributed by atoms with Gasteiger partial charge < -0.3 is 15.3 Å². The highest BCUT2D eigenvalue weighted by atomic mass is 19.3. The number of hydrogen-bond donors (Lipinski definition) is 2. The topological polar surface area (TPSA) is 86.9 Å². The second-order valence-electron chi connectivity index (χ2n) is 9.11. The number of carbonyl (C=O) groups is 1. The molecule has 1 fully saturated rings. The normalized spacial score (nSPS) is 18.6. The van der Waals surface area contributed by atoms with Crippen LogP contribution in [0.15, 0.2) is 41.3 Å². The maximum atomic E-state index is 14.1. The molecule has 4 rings (SSSR count). The minimum absolute atomic E-state index is 0.109. The third-order valence-corrected chi connectivity index (χ3v) is 6.51. The van der Waals surface area contributed by atoms with Gasteiger partial charge in [0.15, 0.2) is 0 Å². The van der Waals surface area contributed by atoms with Crippen LogP contribution in [0.3, 0.4) is 0 Å². The molecule has 2 aromatic heterocycles. The summed E-state index contributed by atoms with van der Waals surface area (Å²) in [6, 6.07) is 8.11. The van der Waals surface area contributed by atoms with Gasteiger partial charge in [-0.2, -0.15) is 0 Å². The molecule has 1 unspecified atom stereocenters. The summed E-state index contributed by atoms with van der Waals surface area (Å²) < 4.78 is 29.6. The van der Waals surface area contributed by atoms with Crippen LogP contribution in [-0.2, 0) is 0 Å². The minimum atomic E-state index is -2.74. The lowest BCUT2D eigenvalue weighted by molar-refractivity contribution is -0.0652. The molecule has 0 radical (unpaired) electrons. The summed E-state index contributed by atoms with van der Waals surface area (Å²) in [5, 5.41) is 12.7. The summed E-state index contributed by atoms with van der Waals surface area (Å²) in [5.74, 6) is -4.23. The highest BCUT2D eigenvalue weighted by Gasteiger charge is 2.42. The maximum absolute atomic E-state index is 14.1. The van der Waals surface area contributed by atoms with Crippen LogP contribution in [0.4, 0.5) is 20.3 Å². The van der Waals surface area contributed by atoms with Gasteiger partial charge >= 0.3 is 5.97 Å². The third-order valence-electron chi connectivity index (χ3n) is 6.51. The van der Waals surface area contributed by atoms with Crippen molar-refractivity contribution in [1.29, 1.82) is 0 Å². The fourth-order valence-electron chi connectivity index (χ4n) is 4.50. The zero-order chi connectivity index (χ0) is 24.8. The standard InChI is InChI=1S/C25H28F2N4O3/c1-14-11-19(17(4)28-20-8-6-5-7-18(20)24(33)34)22-29-21(16(3)23(32)31(22)12-14)30-10-9-25(26,27)15(2)13-30/h5-8,11-12,15,17,28H,9-10,13H2,1-4H3,(H,33,34)/t15?,17-/m1/s1. The number of hydrogen-bond acceptors (Lipinski definition) is 5. The molecule has 1 aliphatic heterocycles. The first-order chi connectivity index (χ1) is 16.0. The number of aromatic nitrogens is 2. The number of para-hydroxylation sites is 1. The molecule has 2 N–H and O–H groups in total. The van der Waals surface area contributed by atoms with Crippen LogP contribution in [-0.4, -0.2) is 39.5 Å². The van der Waals surface area contributed by atoms with Gasteiger partial charge in [0.2, 0.25) is 0 Å². The van der Waals surface area contributed by atoms with Gasteiger partial charge in [0.25, 0.3) is 11.5 Å². The number of nitrogens with one attached hydrogen (secondary N) is 1. The van der Waals surface area contributed by atoms with Gasteiger partial charge in [-0.05, 0) is 44.5 Å². The van der Waals surface area contributed by atoms with Gasteiger partial charge in [-0.3, -0.25) is 9.20 Å². The number of benzene rings is 1. The van der Waals surface area contributed by atoms with Crippen molar-refractivity contribution in [1.82, 2.24) is 9.38 Å². The quantitative estimate of drug-likeness (QED) is 0.564. The van der Waals surface area contributed by atoms with Crippen LogP contribution in [0, 0.1) is 19.8 Å². The summed E-state index contributed by atoms with van der Waals surface area (Å²) in [5.41, 5.74) is 2.68. The van der Waals surface area contributed by atoms with E-state index in [0.717, 1.165) is 5.56 Å². The first kappa shape index (κ1) is 23.7. The Balaban J connectivity index is 1.80. The van der Waals surface area contributed by atoms with E-state index in [0.29, 0.717) is 28.3 Å². The number of aromatic carboxylic acids is 1. The van der Waals surface area contributed by atoms with Gasteiger partial charge in [-0.15, -0.1) is 0 Å². The molecule has 3 heterocycles. The summed E-state index contributed by atoms with van der Waals surface area (Å²) in [7, 11) is 0. The molecule has 0 saturated carbocycles. The van der Waals surface area contributed by atoms with Crippen molar-refractivity contribution in [2.24, 2.45) is 5.92 Å². The predicted molar refractivity (Wildman–Crippen MR) is 127 cm³/mol. The molecular formula is C25H28F2N4O3. The number of halogens is 2. The Hall–Kier alpha value is -3.49. The van der Waals surface area contributed by atoms with E-state index in [4.69, 9.17) is 4.98 Å². The number of pyridine rings is 1. The number of piperidine rings is 1. The number of aryl methyl sites for hydroxylation is 1. The Kier molecular flexibility index (Phi) is 6.05. The van der Waals surface area contributed by atoms with Crippen molar-refractivity contribution in [3.63, 3.8) is 0 Å². The van der Waals surface area contributed by atoms with E-state index in [1.165, 1.54) is 17.4 Å². The first-order valence-corrected chi connectivity index (χ1v) is 11.2. The lowest BCUT2D eigenvalue weighted by atomic mass is 9.95. The van der Waals surface area contributed by atoms with Crippen LogP contribution in [0.25, 0.3) is 5.65 Å². The van der Waals surface area contributed by atoms with Gasteiger partial charge in [0.1, 0.15) is 11.5 Å². The smallest absolute Gasteiger partial charge is 0.337 e. The van der Waals surface area contributed by atoms with Crippen LogP contribution in [0.5, 0.6) is 0 Å². The number of fused-ring (bicyclic) bond motifs is 1. The first-order valence-electron chi connectivity index (χ1n) is 11.2. The maximum Gasteiger partial charge on any atom is 0.337 e. The van der Waals surface area contributed by atoms with E-state index in [1.54, 1.807) is 36.2 Å². The monoisotopic (exact) mass is 470 g/mol. The van der Waals surface area contributed by atoms with Crippen LogP contribution >= 0.6 is 0 Å². The molecule has 9 heteroatoms. The van der Waals surface area contributed by atoms with Gasteiger partial charge in [-0.1, -0.05) is 19.1 Å². The van der Waals surface area contributed by atoms with E-state index in [9.17, 15) is 23.5 Å². The zero-order valence-electron chi connectivity index (χ0n) is 19.6. The summed E-state index contributed by atoms with van der Waals surface area (Å²) >= 11 is 0. The van der Waals surface area contributed by atoms with Crippen molar-refractivity contribution in [3.8, 4) is 0 Å². The molecule has 0 aliphatic carbocycles. The Morgan fingerprint density at radius 3 is 2.68 bits per heavy atom. The summed E-state index contributed by atoms with van der Waals surface area (Å²) in [4.78, 5) is 31.5. The molecule has 3 aromatic rings. The van der Waals surface area contributed by atoms with E-state index >= 15 is 0 Å². The van der Waals surface area contributed by atoms with E-state index in [1.807, 2.05) is 19.9 Å². The molecule has 1 aromatic carbocycles. The Morgan fingerprint density at radius 1 is 1.29 bits per heavy atom. The fraction of sp³-hybridized carbons (Fsp3) is 0.400. The molecule has 0 spiro atoms. The van der Waals surface area contributed by atoms with Gasteiger partial charge in [0.05, 0.1) is 17.2 Å². The number of carboxylic acids is 1. The Labute approximate surface area is 196 Å². The largest absolute Gasteiger partial charge is 0.478 e. The molecule has 34 heavy (non-hydrogen) atoms. The van der Waals surface area contributed by atoms with Crippen molar-refractivity contribution < 1.29 is 18.7 Å². The highest BCUT2D eigenvalue weighted by molar-refractivity contribution is 5.94. The predicted octanol–water partition coefficient (Wildman–Crippen LogP) is 4.66. The van der Waals surface area contributed by atoms with E-state index in [-0.39, 0.29) is 36.7 Å².